The van der Waals surface area contributed by atoms with E-state index in [4.69, 9.17) is 5.11 Å². The van der Waals surface area contributed by atoms with Gasteiger partial charge in [0, 0.05) is 25.7 Å². The lowest BCUT2D eigenvalue weighted by atomic mass is 9.99. The summed E-state index contributed by atoms with van der Waals surface area (Å²) in [5, 5.41) is 9.09. The third-order valence-electron chi connectivity index (χ3n) is 4.26. The molecule has 0 bridgehead atoms. The molecule has 2 aliphatic rings. The van der Waals surface area contributed by atoms with Gasteiger partial charge in [-0.05, 0) is 25.7 Å². The highest BCUT2D eigenvalue weighted by molar-refractivity contribution is 7.86. The molecule has 110 valence electrons. The van der Waals surface area contributed by atoms with Gasteiger partial charge in [0.2, 0.25) is 0 Å². The molecule has 0 amide bonds. The van der Waals surface area contributed by atoms with Crippen molar-refractivity contribution >= 4 is 16.2 Å². The van der Waals surface area contributed by atoms with E-state index >= 15 is 0 Å². The fourth-order valence-corrected chi connectivity index (χ4v) is 4.98. The van der Waals surface area contributed by atoms with Crippen molar-refractivity contribution in [3.05, 3.63) is 0 Å². The minimum atomic E-state index is -3.51. The van der Waals surface area contributed by atoms with Gasteiger partial charge in [-0.15, -0.1) is 0 Å². The second-order valence-electron chi connectivity index (χ2n) is 5.70. The summed E-state index contributed by atoms with van der Waals surface area (Å²) in [5.74, 6) is -1.63. The molecule has 3 atom stereocenters. The van der Waals surface area contributed by atoms with Crippen LogP contribution in [0.25, 0.3) is 0 Å². The van der Waals surface area contributed by atoms with Gasteiger partial charge in [0.05, 0.1) is 5.92 Å². The molecule has 0 aromatic rings. The van der Waals surface area contributed by atoms with Crippen molar-refractivity contribution in [3.8, 4) is 0 Å². The third-order valence-corrected chi connectivity index (χ3v) is 6.35. The maximum absolute atomic E-state index is 12.6. The molecule has 2 rings (SSSR count). The van der Waals surface area contributed by atoms with Crippen molar-refractivity contribution in [1.29, 1.82) is 0 Å². The van der Waals surface area contributed by atoms with Crippen molar-refractivity contribution in [2.75, 3.05) is 19.6 Å². The van der Waals surface area contributed by atoms with E-state index in [0.717, 1.165) is 19.3 Å². The maximum Gasteiger partial charge on any atom is 0.308 e. The van der Waals surface area contributed by atoms with Gasteiger partial charge in [0.15, 0.2) is 0 Å². The van der Waals surface area contributed by atoms with Gasteiger partial charge in [-0.3, -0.25) is 4.79 Å². The summed E-state index contributed by atoms with van der Waals surface area (Å²) >= 11 is 0. The Morgan fingerprint density at radius 3 is 2.42 bits per heavy atom. The molecule has 0 aromatic heterocycles. The second-order valence-corrected chi connectivity index (χ2v) is 7.58. The van der Waals surface area contributed by atoms with Crippen LogP contribution >= 0.6 is 0 Å². The third kappa shape index (κ3) is 2.78. The van der Waals surface area contributed by atoms with E-state index in [2.05, 4.69) is 0 Å². The standard InChI is InChI=1S/C12H22N2O4S/c1-9-7-13(8-11(9)12(15)16)19(17,18)14-6-4-3-5-10(14)2/h9-11H,3-8H2,1-2H3,(H,15,16)/t9-,10?,11-/m1/s1. The van der Waals surface area contributed by atoms with E-state index in [1.165, 1.54) is 8.61 Å². The first kappa shape index (κ1) is 14.7. The summed E-state index contributed by atoms with van der Waals surface area (Å²) in [6, 6.07) is 0.0120. The van der Waals surface area contributed by atoms with Gasteiger partial charge in [-0.1, -0.05) is 13.3 Å². The van der Waals surface area contributed by atoms with Gasteiger partial charge in [-0.25, -0.2) is 0 Å². The average molecular weight is 290 g/mol. The van der Waals surface area contributed by atoms with Crippen LogP contribution in [0, 0.1) is 11.8 Å². The van der Waals surface area contributed by atoms with E-state index in [-0.39, 0.29) is 18.5 Å². The molecule has 0 spiro atoms. The van der Waals surface area contributed by atoms with Crippen molar-refractivity contribution in [1.82, 2.24) is 8.61 Å². The van der Waals surface area contributed by atoms with Crippen LogP contribution in [0.1, 0.15) is 33.1 Å². The molecular formula is C12H22N2O4S. The van der Waals surface area contributed by atoms with Crippen LogP contribution < -0.4 is 0 Å². The minimum absolute atomic E-state index is 0.0120. The SMILES string of the molecule is CC1CCCCN1S(=O)(=O)N1C[C@@H](C)[C@H](C(=O)O)C1. The normalized spacial score (nSPS) is 34.5. The fraction of sp³-hybridized carbons (Fsp3) is 0.917. The van der Waals surface area contributed by atoms with E-state index in [0.29, 0.717) is 13.1 Å². The van der Waals surface area contributed by atoms with Crippen molar-refractivity contribution in [2.24, 2.45) is 11.8 Å². The highest BCUT2D eigenvalue weighted by Crippen LogP contribution is 2.29. The molecule has 19 heavy (non-hydrogen) atoms. The first-order valence-electron chi connectivity index (χ1n) is 6.83. The van der Waals surface area contributed by atoms with Gasteiger partial charge in [-0.2, -0.15) is 17.0 Å². The maximum atomic E-state index is 12.6. The Balaban J connectivity index is 2.15. The zero-order valence-corrected chi connectivity index (χ0v) is 12.3. The summed E-state index contributed by atoms with van der Waals surface area (Å²) in [5.41, 5.74) is 0. The number of nitrogens with zero attached hydrogens (tertiary/aromatic N) is 2. The topological polar surface area (TPSA) is 77.9 Å². The largest absolute Gasteiger partial charge is 0.481 e. The quantitative estimate of drug-likeness (QED) is 0.832. The summed E-state index contributed by atoms with van der Waals surface area (Å²) in [6.45, 7) is 4.68. The number of carboxylic acids is 1. The summed E-state index contributed by atoms with van der Waals surface area (Å²) in [7, 11) is -3.51. The van der Waals surface area contributed by atoms with Gasteiger partial charge >= 0.3 is 5.97 Å². The van der Waals surface area contributed by atoms with Crippen molar-refractivity contribution < 1.29 is 18.3 Å². The molecule has 6 nitrogen and oxygen atoms in total. The highest BCUT2D eigenvalue weighted by Gasteiger charge is 2.43. The van der Waals surface area contributed by atoms with Crippen LogP contribution in [-0.2, 0) is 15.0 Å². The molecule has 1 N–H and O–H groups in total. The molecule has 0 radical (unpaired) electrons. The number of rotatable bonds is 3. The van der Waals surface area contributed by atoms with Gasteiger partial charge in [0.1, 0.15) is 0 Å². The zero-order chi connectivity index (χ0) is 14.2. The van der Waals surface area contributed by atoms with Gasteiger partial charge in [0.25, 0.3) is 10.2 Å². The second kappa shape index (κ2) is 5.38. The zero-order valence-electron chi connectivity index (χ0n) is 11.4. The smallest absolute Gasteiger partial charge is 0.308 e. The lowest BCUT2D eigenvalue weighted by Crippen LogP contribution is -2.49. The van der Waals surface area contributed by atoms with Crippen LogP contribution in [0.2, 0.25) is 0 Å². The summed E-state index contributed by atoms with van der Waals surface area (Å²) in [4.78, 5) is 11.1. The number of aliphatic carboxylic acids is 1. The number of piperidine rings is 1. The predicted molar refractivity (Wildman–Crippen MR) is 70.8 cm³/mol. The lowest BCUT2D eigenvalue weighted by molar-refractivity contribution is -0.142. The first-order valence-corrected chi connectivity index (χ1v) is 8.23. The van der Waals surface area contributed by atoms with Crippen LogP contribution in [0.15, 0.2) is 0 Å². The molecule has 7 heteroatoms. The number of hydrogen-bond donors (Lipinski definition) is 1. The Labute approximate surface area is 114 Å². The average Bonchev–Trinajstić information content (AvgIpc) is 2.72. The number of carbonyl (C=O) groups is 1. The molecule has 2 saturated heterocycles. The highest BCUT2D eigenvalue weighted by atomic mass is 32.2. The molecule has 1 unspecified atom stereocenters. The fourth-order valence-electron chi connectivity index (χ4n) is 3.00. The molecule has 2 heterocycles. The van der Waals surface area contributed by atoms with Crippen LogP contribution in [-0.4, -0.2) is 53.8 Å². The number of hydrogen-bond acceptors (Lipinski definition) is 3. The Morgan fingerprint density at radius 1 is 1.21 bits per heavy atom. The van der Waals surface area contributed by atoms with Crippen LogP contribution in [0.3, 0.4) is 0 Å². The monoisotopic (exact) mass is 290 g/mol. The lowest BCUT2D eigenvalue weighted by Gasteiger charge is -2.35. The van der Waals surface area contributed by atoms with E-state index in [1.54, 1.807) is 6.92 Å². The van der Waals surface area contributed by atoms with E-state index < -0.39 is 22.1 Å². The Bertz CT molecular complexity index is 451. The first-order chi connectivity index (χ1) is 8.84. The molecular weight excluding hydrogens is 268 g/mol. The van der Waals surface area contributed by atoms with Gasteiger partial charge < -0.3 is 5.11 Å². The molecule has 0 aliphatic carbocycles. The van der Waals surface area contributed by atoms with E-state index in [1.807, 2.05) is 6.92 Å². The van der Waals surface area contributed by atoms with Crippen LogP contribution in [0.4, 0.5) is 0 Å². The molecule has 2 fully saturated rings. The summed E-state index contributed by atoms with van der Waals surface area (Å²) in [6.07, 6.45) is 2.82. The van der Waals surface area contributed by atoms with E-state index in [9.17, 15) is 13.2 Å². The Morgan fingerprint density at radius 2 is 1.89 bits per heavy atom. The minimum Gasteiger partial charge on any atom is -0.481 e. The Kier molecular flexibility index (Phi) is 4.17. The van der Waals surface area contributed by atoms with Crippen molar-refractivity contribution in [3.63, 3.8) is 0 Å². The number of carboxylic acid groups (broad SMARTS) is 1. The molecule has 0 aromatic carbocycles. The molecule has 0 saturated carbocycles. The van der Waals surface area contributed by atoms with Crippen molar-refractivity contribution in [2.45, 2.75) is 39.2 Å². The predicted octanol–water partition coefficient (Wildman–Crippen LogP) is 0.758. The Hall–Kier alpha value is -0.660. The van der Waals surface area contributed by atoms with Crippen LogP contribution in [0.5, 0.6) is 0 Å². The summed E-state index contributed by atoms with van der Waals surface area (Å²) < 4.78 is 28.0. The molecule has 2 aliphatic heterocycles.